The Morgan fingerprint density at radius 3 is 2.09 bits per heavy atom. The van der Waals surface area contributed by atoms with Gasteiger partial charge in [0.25, 0.3) is 0 Å². The highest BCUT2D eigenvalue weighted by atomic mass is 28.3. The molecule has 2 unspecified atom stereocenters. The summed E-state index contributed by atoms with van der Waals surface area (Å²) in [4.78, 5) is 3.98. The van der Waals surface area contributed by atoms with E-state index in [0.29, 0.717) is 12.0 Å². The first kappa shape index (κ1) is 17.4. The maximum atomic E-state index is 3.98. The Kier molecular flexibility index (Phi) is 5.00. The van der Waals surface area contributed by atoms with Gasteiger partial charge in [0, 0.05) is 12.0 Å². The second-order valence-electron chi connectivity index (χ2n) is 7.52. The maximum Gasteiger partial charge on any atom is 0.117 e. The minimum Gasteiger partial charge on any atom is -0.328 e. The van der Waals surface area contributed by atoms with E-state index in [0.717, 1.165) is 0 Å². The summed E-state index contributed by atoms with van der Waals surface area (Å²) in [6.07, 6.45) is 0. The van der Waals surface area contributed by atoms with E-state index >= 15 is 0 Å². The van der Waals surface area contributed by atoms with Crippen molar-refractivity contribution in [3.8, 4) is 0 Å². The molecule has 0 fully saturated rings. The molecule has 2 atom stereocenters. The molecule has 1 aliphatic rings. The van der Waals surface area contributed by atoms with Crippen molar-refractivity contribution in [3.05, 3.63) is 52.1 Å². The van der Waals surface area contributed by atoms with Crippen LogP contribution in [0.4, 0.5) is 0 Å². The van der Waals surface area contributed by atoms with E-state index in [1.807, 2.05) is 0 Å². The second kappa shape index (κ2) is 6.30. The van der Waals surface area contributed by atoms with E-state index in [4.69, 9.17) is 0 Å². The van der Waals surface area contributed by atoms with Crippen molar-refractivity contribution in [2.24, 2.45) is 5.92 Å². The summed E-state index contributed by atoms with van der Waals surface area (Å²) in [5.74, 6) is 0.514. The van der Waals surface area contributed by atoms with Gasteiger partial charge in [0.2, 0.25) is 0 Å². The van der Waals surface area contributed by atoms with Crippen LogP contribution in [0.2, 0.25) is 19.6 Å². The molecule has 1 aromatic carbocycles. The summed E-state index contributed by atoms with van der Waals surface area (Å²) >= 11 is 0. The molecule has 0 spiro atoms. The molecule has 0 saturated carbocycles. The van der Waals surface area contributed by atoms with Gasteiger partial charge in [0.05, 0.1) is 10.2 Å². The molecule has 3 heteroatoms. The van der Waals surface area contributed by atoms with Gasteiger partial charge < -0.3 is 4.98 Å². The van der Waals surface area contributed by atoms with Crippen molar-refractivity contribution in [2.75, 3.05) is 0 Å². The molecule has 117 valence electrons. The molecular weight excluding hydrogens is 298 g/mol. The molecule has 0 saturated heterocycles. The van der Waals surface area contributed by atoms with Crippen LogP contribution in [-0.4, -0.2) is 18.5 Å². The number of nitrogens with one attached hydrogen (secondary N) is 1. The molecule has 1 N–H and O–H groups in total. The average Bonchev–Trinajstić information content (AvgIpc) is 2.61. The lowest BCUT2D eigenvalue weighted by Crippen LogP contribution is -2.46. The zero-order valence-electron chi connectivity index (χ0n) is 15.0. The number of benzene rings is 1. The third-order valence-corrected chi connectivity index (χ3v) is 6.47. The molecular formula is C19H28NSi2. The van der Waals surface area contributed by atoms with E-state index in [-0.39, 0.29) is 0 Å². The van der Waals surface area contributed by atoms with Gasteiger partial charge >= 0.3 is 0 Å². The highest BCUT2D eigenvalue weighted by Crippen LogP contribution is 2.43. The number of hydrogen-bond donors (Lipinski definition) is 1. The molecule has 3 radical (unpaired) electrons. The van der Waals surface area contributed by atoms with Crippen LogP contribution in [0.5, 0.6) is 0 Å². The molecule has 2 rings (SSSR count). The van der Waals surface area contributed by atoms with Crippen LogP contribution >= 0.6 is 0 Å². The van der Waals surface area contributed by atoms with Crippen LogP contribution in [0, 0.1) is 5.92 Å². The molecule has 1 nitrogen and oxygen atoms in total. The molecule has 22 heavy (non-hydrogen) atoms. The van der Waals surface area contributed by atoms with Crippen LogP contribution in [-0.2, 0) is 0 Å². The lowest BCUT2D eigenvalue weighted by Gasteiger charge is -2.32. The standard InChI is InChI=1S/C19H28NSi2/c1-12-13(2)15(4)18(14(12)3)19(20-22(5,6)7)16-10-8-9-11-17(16)21/h8-11,14,19-20H,1-7H3. The monoisotopic (exact) mass is 326 g/mol. The SMILES string of the molecule is CC1=C(C)C(C)C(C(N[Si](C)(C)C)c2ccccc2[Si])=C1C. The van der Waals surface area contributed by atoms with Crippen LogP contribution < -0.4 is 10.2 Å². The van der Waals surface area contributed by atoms with Gasteiger partial charge in [-0.05, 0) is 43.1 Å². The molecule has 1 aromatic rings. The van der Waals surface area contributed by atoms with Gasteiger partial charge in [-0.2, -0.15) is 0 Å². The van der Waals surface area contributed by atoms with Crippen LogP contribution in [0.1, 0.15) is 39.3 Å². The Balaban J connectivity index is 2.55. The Labute approximate surface area is 140 Å². The lowest BCUT2D eigenvalue weighted by atomic mass is 9.88. The molecule has 0 amide bonds. The van der Waals surface area contributed by atoms with E-state index in [1.54, 1.807) is 5.57 Å². The average molecular weight is 327 g/mol. The summed E-state index contributed by atoms with van der Waals surface area (Å²) in [7, 11) is 2.40. The zero-order chi connectivity index (χ0) is 16.7. The predicted molar refractivity (Wildman–Crippen MR) is 101 cm³/mol. The highest BCUT2D eigenvalue weighted by Gasteiger charge is 2.33. The van der Waals surface area contributed by atoms with Crippen LogP contribution in [0.25, 0.3) is 0 Å². The van der Waals surface area contributed by atoms with Gasteiger partial charge in [-0.15, -0.1) is 0 Å². The van der Waals surface area contributed by atoms with E-state index in [9.17, 15) is 0 Å². The fraction of sp³-hybridized carbons (Fsp3) is 0.474. The molecule has 0 bridgehead atoms. The summed E-state index contributed by atoms with van der Waals surface area (Å²) < 4.78 is 0. The predicted octanol–water partition coefficient (Wildman–Crippen LogP) is 4.25. The molecule has 0 aromatic heterocycles. The van der Waals surface area contributed by atoms with Crippen molar-refractivity contribution in [2.45, 2.75) is 53.4 Å². The largest absolute Gasteiger partial charge is 0.328 e. The lowest BCUT2D eigenvalue weighted by molar-refractivity contribution is 0.651. The zero-order valence-corrected chi connectivity index (χ0v) is 17.0. The van der Waals surface area contributed by atoms with Crippen molar-refractivity contribution >= 4 is 23.7 Å². The van der Waals surface area contributed by atoms with Crippen molar-refractivity contribution in [1.82, 2.24) is 4.98 Å². The normalized spacial score (nSPS) is 20.8. The fourth-order valence-corrected chi connectivity index (χ4v) is 4.87. The van der Waals surface area contributed by atoms with E-state index < -0.39 is 8.24 Å². The van der Waals surface area contributed by atoms with Crippen molar-refractivity contribution < 1.29 is 0 Å². The van der Waals surface area contributed by atoms with E-state index in [1.165, 1.54) is 27.5 Å². The molecule has 0 heterocycles. The first-order valence-electron chi connectivity index (χ1n) is 8.10. The minimum absolute atomic E-state index is 0.294. The Hall–Kier alpha value is -0.906. The summed E-state index contributed by atoms with van der Waals surface area (Å²) in [6.45, 7) is 16.3. The second-order valence-corrected chi connectivity index (χ2v) is 12.9. The Morgan fingerprint density at radius 1 is 1.05 bits per heavy atom. The van der Waals surface area contributed by atoms with Crippen molar-refractivity contribution in [1.29, 1.82) is 0 Å². The molecule has 0 aliphatic heterocycles. The third-order valence-electron chi connectivity index (χ3n) is 4.86. The smallest absolute Gasteiger partial charge is 0.117 e. The summed E-state index contributed by atoms with van der Waals surface area (Å²) in [5.41, 5.74) is 7.35. The van der Waals surface area contributed by atoms with Gasteiger partial charge in [-0.25, -0.2) is 0 Å². The minimum atomic E-state index is -1.42. The Bertz CT molecular complexity index is 635. The highest BCUT2D eigenvalue weighted by molar-refractivity contribution is 6.73. The first-order valence-corrected chi connectivity index (χ1v) is 12.1. The third kappa shape index (κ3) is 3.37. The number of hydrogen-bond acceptors (Lipinski definition) is 1. The first-order chi connectivity index (χ1) is 10.1. The summed E-state index contributed by atoms with van der Waals surface area (Å²) in [5, 5.41) is 1.19. The van der Waals surface area contributed by atoms with Crippen molar-refractivity contribution in [3.63, 3.8) is 0 Å². The maximum absolute atomic E-state index is 3.98. The van der Waals surface area contributed by atoms with Crippen LogP contribution in [0.3, 0.4) is 0 Å². The number of allylic oxidation sites excluding steroid dienone is 3. The Morgan fingerprint density at radius 2 is 1.64 bits per heavy atom. The quantitative estimate of drug-likeness (QED) is 0.816. The topological polar surface area (TPSA) is 12.0 Å². The number of rotatable bonds is 4. The summed E-state index contributed by atoms with van der Waals surface area (Å²) in [6, 6.07) is 8.92. The van der Waals surface area contributed by atoms with E-state index in [2.05, 4.69) is 86.8 Å². The van der Waals surface area contributed by atoms with Crippen LogP contribution in [0.15, 0.2) is 46.6 Å². The fourth-order valence-electron chi connectivity index (χ4n) is 3.37. The molecule has 1 aliphatic carbocycles. The van der Waals surface area contributed by atoms with Gasteiger partial charge in [-0.3, -0.25) is 0 Å². The van der Waals surface area contributed by atoms with Gasteiger partial charge in [0.1, 0.15) is 8.24 Å². The van der Waals surface area contributed by atoms with Gasteiger partial charge in [0.15, 0.2) is 0 Å². The van der Waals surface area contributed by atoms with Gasteiger partial charge in [-0.1, -0.05) is 61.6 Å².